The predicted octanol–water partition coefficient (Wildman–Crippen LogP) is 1.62. The molecule has 0 saturated heterocycles. The van der Waals surface area contributed by atoms with E-state index in [0.29, 0.717) is 15.7 Å². The highest BCUT2D eigenvalue weighted by atomic mass is 16.4. The van der Waals surface area contributed by atoms with Crippen molar-refractivity contribution in [2.24, 2.45) is 0 Å². The van der Waals surface area contributed by atoms with Crippen LogP contribution in [0.5, 0.6) is 0 Å². The number of nitriles is 1. The second kappa shape index (κ2) is 4.74. The van der Waals surface area contributed by atoms with Crippen molar-refractivity contribution in [2.45, 2.75) is 6.92 Å². The molecule has 2 heterocycles. The molecule has 6 heteroatoms. The highest BCUT2D eigenvalue weighted by Crippen LogP contribution is 2.22. The second-order valence-electron chi connectivity index (χ2n) is 3.83. The molecule has 0 saturated carbocycles. The van der Waals surface area contributed by atoms with E-state index >= 15 is 0 Å². The van der Waals surface area contributed by atoms with Crippen molar-refractivity contribution in [1.29, 1.82) is 5.26 Å². The second-order valence-corrected chi connectivity index (χ2v) is 3.83. The highest BCUT2D eigenvalue weighted by Gasteiger charge is 2.16. The summed E-state index contributed by atoms with van der Waals surface area (Å²) in [6.07, 6.45) is 1.70. The minimum atomic E-state index is -1.41. The number of rotatable bonds is 1. The molecule has 0 amide bonds. The molecule has 0 aliphatic rings. The maximum absolute atomic E-state index is 11.8. The SMILES string of the molecule is Cc1c(-c2ccncc2)cc(C#N)c(=O)n1C(=O)O. The van der Waals surface area contributed by atoms with E-state index in [1.54, 1.807) is 30.6 Å². The number of hydrogen-bond acceptors (Lipinski definition) is 4. The van der Waals surface area contributed by atoms with Gasteiger partial charge in [-0.2, -0.15) is 5.26 Å². The summed E-state index contributed by atoms with van der Waals surface area (Å²) < 4.78 is 0.578. The van der Waals surface area contributed by atoms with E-state index in [0.717, 1.165) is 0 Å². The van der Waals surface area contributed by atoms with Crippen LogP contribution in [-0.2, 0) is 0 Å². The van der Waals surface area contributed by atoms with Gasteiger partial charge in [-0.05, 0) is 30.7 Å². The maximum atomic E-state index is 11.8. The van der Waals surface area contributed by atoms with Gasteiger partial charge in [0.05, 0.1) is 0 Å². The number of carbonyl (C=O) groups is 1. The van der Waals surface area contributed by atoms with Gasteiger partial charge in [0.15, 0.2) is 0 Å². The lowest BCUT2D eigenvalue weighted by atomic mass is 10.0. The van der Waals surface area contributed by atoms with Crippen molar-refractivity contribution in [1.82, 2.24) is 9.55 Å². The molecule has 1 N–H and O–H groups in total. The Labute approximate surface area is 108 Å². The molecule has 6 nitrogen and oxygen atoms in total. The molecule has 0 radical (unpaired) electrons. The molecule has 0 aromatic carbocycles. The van der Waals surface area contributed by atoms with Crippen molar-refractivity contribution in [3.05, 3.63) is 52.2 Å². The standard InChI is InChI=1S/C13H9N3O3/c1-8-11(9-2-4-15-5-3-9)6-10(7-14)12(17)16(8)13(18)19/h2-6H,1H3,(H,18,19). The average molecular weight is 255 g/mol. The smallest absolute Gasteiger partial charge is 0.418 e. The maximum Gasteiger partial charge on any atom is 0.418 e. The van der Waals surface area contributed by atoms with Crippen LogP contribution in [0.25, 0.3) is 11.1 Å². The fourth-order valence-corrected chi connectivity index (χ4v) is 1.84. The first-order valence-electron chi connectivity index (χ1n) is 5.36. The van der Waals surface area contributed by atoms with Gasteiger partial charge in [0.2, 0.25) is 0 Å². The molecule has 2 rings (SSSR count). The largest absolute Gasteiger partial charge is 0.464 e. The minimum absolute atomic E-state index is 0.209. The Morgan fingerprint density at radius 2 is 2.05 bits per heavy atom. The number of aromatic nitrogens is 2. The fourth-order valence-electron chi connectivity index (χ4n) is 1.84. The van der Waals surface area contributed by atoms with Crippen LogP contribution in [0.3, 0.4) is 0 Å². The monoisotopic (exact) mass is 255 g/mol. The molecular weight excluding hydrogens is 246 g/mol. The van der Waals surface area contributed by atoms with Crippen molar-refractivity contribution in [3.8, 4) is 17.2 Å². The van der Waals surface area contributed by atoms with E-state index in [9.17, 15) is 9.59 Å². The first-order chi connectivity index (χ1) is 9.06. The van der Waals surface area contributed by atoms with Gasteiger partial charge in [0, 0.05) is 23.7 Å². The number of nitrogens with zero attached hydrogens (tertiary/aromatic N) is 3. The summed E-state index contributed by atoms with van der Waals surface area (Å²) in [5, 5.41) is 18.0. The van der Waals surface area contributed by atoms with E-state index in [1.807, 2.05) is 0 Å². The van der Waals surface area contributed by atoms with Gasteiger partial charge in [0.25, 0.3) is 5.56 Å². The third-order valence-corrected chi connectivity index (χ3v) is 2.75. The molecule has 2 aromatic rings. The molecule has 0 unspecified atom stereocenters. The van der Waals surface area contributed by atoms with Crippen LogP contribution in [0.4, 0.5) is 4.79 Å². The van der Waals surface area contributed by atoms with Crippen LogP contribution < -0.4 is 5.56 Å². The van der Waals surface area contributed by atoms with Crippen molar-refractivity contribution < 1.29 is 9.90 Å². The number of carboxylic acid groups (broad SMARTS) is 1. The van der Waals surface area contributed by atoms with Gasteiger partial charge < -0.3 is 5.11 Å². The van der Waals surface area contributed by atoms with Gasteiger partial charge >= 0.3 is 6.09 Å². The summed E-state index contributed by atoms with van der Waals surface area (Å²) in [4.78, 5) is 26.8. The minimum Gasteiger partial charge on any atom is -0.464 e. The number of hydrogen-bond donors (Lipinski definition) is 1. The van der Waals surface area contributed by atoms with E-state index in [-0.39, 0.29) is 11.3 Å². The molecule has 94 valence electrons. The Morgan fingerprint density at radius 1 is 1.42 bits per heavy atom. The number of pyridine rings is 2. The lowest BCUT2D eigenvalue weighted by molar-refractivity contribution is 0.194. The molecule has 0 spiro atoms. The summed E-state index contributed by atoms with van der Waals surface area (Å²) in [6.45, 7) is 1.52. The quantitative estimate of drug-likeness (QED) is 0.835. The van der Waals surface area contributed by atoms with Crippen LogP contribution >= 0.6 is 0 Å². The Morgan fingerprint density at radius 3 is 2.58 bits per heavy atom. The van der Waals surface area contributed by atoms with E-state index in [1.165, 1.54) is 13.0 Å². The van der Waals surface area contributed by atoms with Crippen LogP contribution in [-0.4, -0.2) is 20.8 Å². The molecular formula is C13H9N3O3. The zero-order valence-electron chi connectivity index (χ0n) is 9.99. The summed E-state index contributed by atoms with van der Waals surface area (Å²) in [5.74, 6) is 0. The lowest BCUT2D eigenvalue weighted by Crippen LogP contribution is -2.30. The van der Waals surface area contributed by atoms with Crippen molar-refractivity contribution in [2.75, 3.05) is 0 Å². The summed E-state index contributed by atoms with van der Waals surface area (Å²) >= 11 is 0. The third kappa shape index (κ3) is 2.09. The van der Waals surface area contributed by atoms with Crippen LogP contribution in [0, 0.1) is 18.3 Å². The summed E-state index contributed by atoms with van der Waals surface area (Å²) in [7, 11) is 0. The fraction of sp³-hybridized carbons (Fsp3) is 0.0769. The van der Waals surface area contributed by atoms with E-state index in [2.05, 4.69) is 4.98 Å². The summed E-state index contributed by atoms with van der Waals surface area (Å²) in [5.41, 5.74) is 0.438. The molecule has 0 aliphatic carbocycles. The van der Waals surface area contributed by atoms with Crippen LogP contribution in [0.2, 0.25) is 0 Å². The Bertz CT molecular complexity index is 742. The third-order valence-electron chi connectivity index (χ3n) is 2.75. The Kier molecular flexibility index (Phi) is 3.12. The first-order valence-corrected chi connectivity index (χ1v) is 5.36. The van der Waals surface area contributed by atoms with Gasteiger partial charge in [-0.25, -0.2) is 9.36 Å². The zero-order valence-corrected chi connectivity index (χ0v) is 9.99. The van der Waals surface area contributed by atoms with Crippen LogP contribution in [0.1, 0.15) is 11.3 Å². The molecule has 19 heavy (non-hydrogen) atoms. The molecule has 0 atom stereocenters. The van der Waals surface area contributed by atoms with E-state index < -0.39 is 11.7 Å². The zero-order chi connectivity index (χ0) is 14.0. The first kappa shape index (κ1) is 12.5. The molecule has 2 aromatic heterocycles. The van der Waals surface area contributed by atoms with Crippen LogP contribution in [0.15, 0.2) is 35.4 Å². The van der Waals surface area contributed by atoms with Gasteiger partial charge in [-0.15, -0.1) is 0 Å². The summed E-state index contributed by atoms with van der Waals surface area (Å²) in [6, 6.07) is 6.47. The Balaban J connectivity index is 2.85. The van der Waals surface area contributed by atoms with E-state index in [4.69, 9.17) is 10.4 Å². The normalized spacial score (nSPS) is 9.89. The highest BCUT2D eigenvalue weighted by molar-refractivity contribution is 5.75. The molecule has 0 bridgehead atoms. The molecule has 0 fully saturated rings. The Hall–Kier alpha value is -2.94. The predicted molar refractivity (Wildman–Crippen MR) is 66.8 cm³/mol. The van der Waals surface area contributed by atoms with Gasteiger partial charge in [0.1, 0.15) is 11.6 Å². The lowest BCUT2D eigenvalue weighted by Gasteiger charge is -2.11. The van der Waals surface area contributed by atoms with Gasteiger partial charge in [-0.1, -0.05) is 0 Å². The molecule has 0 aliphatic heterocycles. The van der Waals surface area contributed by atoms with Crippen molar-refractivity contribution >= 4 is 6.09 Å². The average Bonchev–Trinajstić information content (AvgIpc) is 2.39. The van der Waals surface area contributed by atoms with Gasteiger partial charge in [-0.3, -0.25) is 9.78 Å². The topological polar surface area (TPSA) is 96.0 Å². The van der Waals surface area contributed by atoms with Crippen molar-refractivity contribution in [3.63, 3.8) is 0 Å².